The smallest absolute Gasteiger partial charge is 0.233 e. The Hall–Kier alpha value is -0.660. The van der Waals surface area contributed by atoms with Gasteiger partial charge in [-0.3, -0.25) is 4.79 Å². The number of morpholine rings is 1. The van der Waals surface area contributed by atoms with Crippen LogP contribution in [0.2, 0.25) is 0 Å². The lowest BCUT2D eigenvalue weighted by molar-refractivity contribution is -0.135. The fourth-order valence-corrected chi connectivity index (χ4v) is 3.31. The molecule has 0 N–H and O–H groups in total. The van der Waals surface area contributed by atoms with Crippen molar-refractivity contribution in [2.24, 2.45) is 0 Å². The van der Waals surface area contributed by atoms with Gasteiger partial charge in [0.2, 0.25) is 5.91 Å². The Morgan fingerprint density at radius 3 is 3.12 bits per heavy atom. The Morgan fingerprint density at radius 1 is 1.65 bits per heavy atom. The highest BCUT2D eigenvalue weighted by Gasteiger charge is 2.21. The van der Waals surface area contributed by atoms with Gasteiger partial charge in [0.05, 0.1) is 18.5 Å². The van der Waals surface area contributed by atoms with E-state index in [0.29, 0.717) is 25.4 Å². The minimum absolute atomic E-state index is 0.140. The summed E-state index contributed by atoms with van der Waals surface area (Å²) in [5, 5.41) is 8.84. The maximum atomic E-state index is 11.9. The number of aromatic nitrogens is 2. The largest absolute Gasteiger partial charge is 0.375 e. The van der Waals surface area contributed by atoms with Gasteiger partial charge in [0.25, 0.3) is 0 Å². The van der Waals surface area contributed by atoms with Crippen molar-refractivity contribution >= 4 is 29.0 Å². The van der Waals surface area contributed by atoms with Gasteiger partial charge in [-0.2, -0.15) is 0 Å². The van der Waals surface area contributed by atoms with E-state index in [9.17, 15) is 4.79 Å². The molecule has 1 aromatic rings. The number of carbonyl (C=O) groups excluding carboxylic acids is 1. The van der Waals surface area contributed by atoms with Crippen LogP contribution in [0.1, 0.15) is 11.9 Å². The molecule has 2 rings (SSSR count). The summed E-state index contributed by atoms with van der Waals surface area (Å²) in [5.74, 6) is 0.583. The zero-order valence-electron chi connectivity index (χ0n) is 9.88. The number of nitrogens with zero attached hydrogens (tertiary/aromatic N) is 3. The summed E-state index contributed by atoms with van der Waals surface area (Å²) >= 11 is 2.98. The lowest BCUT2D eigenvalue weighted by atomic mass is 10.3. The quantitative estimate of drug-likeness (QED) is 0.774. The summed E-state index contributed by atoms with van der Waals surface area (Å²) < 4.78 is 6.26. The SMILES string of the molecule is Cc1nnc(SCC(=O)N2CCO[C@H](C)C2)s1. The first kappa shape index (κ1) is 12.8. The molecule has 1 amide bonds. The number of rotatable bonds is 3. The topological polar surface area (TPSA) is 55.3 Å². The molecule has 0 spiro atoms. The van der Waals surface area contributed by atoms with E-state index in [4.69, 9.17) is 4.74 Å². The molecule has 1 aliphatic rings. The molecular formula is C10H15N3O2S2. The van der Waals surface area contributed by atoms with Crippen molar-refractivity contribution < 1.29 is 9.53 Å². The van der Waals surface area contributed by atoms with Crippen molar-refractivity contribution in [3.63, 3.8) is 0 Å². The van der Waals surface area contributed by atoms with Crippen LogP contribution in [-0.2, 0) is 9.53 Å². The summed E-state index contributed by atoms with van der Waals surface area (Å²) in [6, 6.07) is 0. The first-order valence-corrected chi connectivity index (χ1v) is 7.27. The van der Waals surface area contributed by atoms with E-state index in [1.54, 1.807) is 0 Å². The Morgan fingerprint density at radius 2 is 2.47 bits per heavy atom. The standard InChI is InChI=1S/C10H15N3O2S2/c1-7-5-13(3-4-15-7)9(14)6-16-10-12-11-8(2)17-10/h7H,3-6H2,1-2H3/t7-/m1/s1. The van der Waals surface area contributed by atoms with Gasteiger partial charge < -0.3 is 9.64 Å². The first-order chi connectivity index (χ1) is 8.15. The molecule has 0 unspecified atom stereocenters. The maximum absolute atomic E-state index is 11.9. The summed E-state index contributed by atoms with van der Waals surface area (Å²) in [6.07, 6.45) is 0.140. The van der Waals surface area contributed by atoms with E-state index in [0.717, 1.165) is 9.35 Å². The molecule has 0 saturated carbocycles. The number of thioether (sulfide) groups is 1. The highest BCUT2D eigenvalue weighted by molar-refractivity contribution is 8.01. The second-order valence-electron chi connectivity index (χ2n) is 3.90. The minimum atomic E-state index is 0.140. The molecule has 2 heterocycles. The third-order valence-electron chi connectivity index (χ3n) is 2.42. The lowest BCUT2D eigenvalue weighted by Gasteiger charge is -2.31. The molecule has 1 aliphatic heterocycles. The molecule has 7 heteroatoms. The minimum Gasteiger partial charge on any atom is -0.375 e. The third-order valence-corrected chi connectivity index (χ3v) is 4.38. The van der Waals surface area contributed by atoms with Gasteiger partial charge in [0, 0.05) is 13.1 Å². The van der Waals surface area contributed by atoms with Gasteiger partial charge in [-0.25, -0.2) is 0 Å². The Kier molecular flexibility index (Phi) is 4.36. The Labute approximate surface area is 109 Å². The molecule has 0 radical (unpaired) electrons. The molecule has 0 aromatic carbocycles. The Balaban J connectivity index is 1.80. The van der Waals surface area contributed by atoms with Gasteiger partial charge >= 0.3 is 0 Å². The van der Waals surface area contributed by atoms with Crippen LogP contribution in [0.3, 0.4) is 0 Å². The monoisotopic (exact) mass is 273 g/mol. The van der Waals surface area contributed by atoms with Gasteiger partial charge in [0.1, 0.15) is 5.01 Å². The van der Waals surface area contributed by atoms with E-state index in [1.165, 1.54) is 23.1 Å². The first-order valence-electron chi connectivity index (χ1n) is 5.47. The van der Waals surface area contributed by atoms with Crippen LogP contribution >= 0.6 is 23.1 Å². The molecule has 94 valence electrons. The van der Waals surface area contributed by atoms with Crippen molar-refractivity contribution in [3.05, 3.63) is 5.01 Å². The zero-order chi connectivity index (χ0) is 12.3. The molecule has 1 saturated heterocycles. The fourth-order valence-electron chi connectivity index (χ4n) is 1.60. The van der Waals surface area contributed by atoms with Gasteiger partial charge in [-0.15, -0.1) is 10.2 Å². The molecule has 1 atom stereocenters. The average molecular weight is 273 g/mol. The number of aryl methyl sites for hydroxylation is 1. The highest BCUT2D eigenvalue weighted by atomic mass is 32.2. The van der Waals surface area contributed by atoms with Gasteiger partial charge in [0.15, 0.2) is 4.34 Å². The highest BCUT2D eigenvalue weighted by Crippen LogP contribution is 2.22. The molecule has 0 aliphatic carbocycles. The van der Waals surface area contributed by atoms with Crippen molar-refractivity contribution in [2.45, 2.75) is 24.3 Å². The van der Waals surface area contributed by atoms with E-state index < -0.39 is 0 Å². The second kappa shape index (κ2) is 5.79. The number of hydrogen-bond acceptors (Lipinski definition) is 6. The van der Waals surface area contributed by atoms with E-state index >= 15 is 0 Å². The van der Waals surface area contributed by atoms with Gasteiger partial charge in [-0.05, 0) is 13.8 Å². The van der Waals surface area contributed by atoms with Gasteiger partial charge in [-0.1, -0.05) is 23.1 Å². The summed E-state index contributed by atoms with van der Waals surface area (Å²) in [6.45, 7) is 5.91. The van der Waals surface area contributed by atoms with E-state index in [1.807, 2.05) is 18.7 Å². The van der Waals surface area contributed by atoms with Crippen molar-refractivity contribution in [3.8, 4) is 0 Å². The number of carbonyl (C=O) groups is 1. The maximum Gasteiger partial charge on any atom is 0.233 e. The van der Waals surface area contributed by atoms with E-state index in [-0.39, 0.29) is 12.0 Å². The number of amides is 1. The molecule has 0 bridgehead atoms. The second-order valence-corrected chi connectivity index (χ2v) is 6.30. The van der Waals surface area contributed by atoms with Crippen LogP contribution in [0, 0.1) is 6.92 Å². The van der Waals surface area contributed by atoms with Crippen LogP contribution in [0.15, 0.2) is 4.34 Å². The predicted octanol–water partition coefficient (Wildman–Crippen LogP) is 1.19. The average Bonchev–Trinajstić information content (AvgIpc) is 2.72. The number of ether oxygens (including phenoxy) is 1. The molecule has 17 heavy (non-hydrogen) atoms. The van der Waals surface area contributed by atoms with Crippen LogP contribution < -0.4 is 0 Å². The molecular weight excluding hydrogens is 258 g/mol. The van der Waals surface area contributed by atoms with Crippen molar-refractivity contribution in [1.29, 1.82) is 0 Å². The van der Waals surface area contributed by atoms with Crippen LogP contribution in [0.25, 0.3) is 0 Å². The molecule has 5 nitrogen and oxygen atoms in total. The fraction of sp³-hybridized carbons (Fsp3) is 0.700. The summed E-state index contributed by atoms with van der Waals surface area (Å²) in [4.78, 5) is 13.8. The van der Waals surface area contributed by atoms with Crippen LogP contribution in [-0.4, -0.2) is 52.6 Å². The third kappa shape index (κ3) is 3.65. The van der Waals surface area contributed by atoms with Crippen molar-refractivity contribution in [2.75, 3.05) is 25.4 Å². The predicted molar refractivity (Wildman–Crippen MR) is 67.4 cm³/mol. The number of hydrogen-bond donors (Lipinski definition) is 0. The lowest BCUT2D eigenvalue weighted by Crippen LogP contribution is -2.45. The summed E-state index contributed by atoms with van der Waals surface area (Å²) in [7, 11) is 0. The van der Waals surface area contributed by atoms with Crippen LogP contribution in [0.5, 0.6) is 0 Å². The zero-order valence-corrected chi connectivity index (χ0v) is 11.5. The summed E-state index contributed by atoms with van der Waals surface area (Å²) in [5.41, 5.74) is 0. The van der Waals surface area contributed by atoms with E-state index in [2.05, 4.69) is 10.2 Å². The Bertz CT molecular complexity index is 397. The van der Waals surface area contributed by atoms with Crippen molar-refractivity contribution in [1.82, 2.24) is 15.1 Å². The molecule has 1 aromatic heterocycles. The molecule has 1 fully saturated rings. The van der Waals surface area contributed by atoms with Crippen LogP contribution in [0.4, 0.5) is 0 Å². The normalized spacial score (nSPS) is 20.6.